The predicted molar refractivity (Wildman–Crippen MR) is 73.3 cm³/mol. The van der Waals surface area contributed by atoms with Gasteiger partial charge in [-0.05, 0) is 43.7 Å². The van der Waals surface area contributed by atoms with Gasteiger partial charge in [0.1, 0.15) is 11.6 Å². The Bertz CT molecular complexity index is 497. The number of halogens is 1. The van der Waals surface area contributed by atoms with Gasteiger partial charge < -0.3 is 5.32 Å². The second-order valence-electron chi connectivity index (χ2n) is 4.47. The average molecular weight is 259 g/mol. The van der Waals surface area contributed by atoms with Crippen molar-refractivity contribution in [3.05, 3.63) is 59.4 Å². The van der Waals surface area contributed by atoms with Crippen LogP contribution in [0.4, 0.5) is 4.39 Å². The van der Waals surface area contributed by atoms with Crippen molar-refractivity contribution < 1.29 is 4.39 Å². The number of hydrogen-bond donors (Lipinski definition) is 1. The second kappa shape index (κ2) is 6.38. The summed E-state index contributed by atoms with van der Waals surface area (Å²) in [5.41, 5.74) is 1.75. The Kier molecular flexibility index (Phi) is 4.58. The van der Waals surface area contributed by atoms with Crippen molar-refractivity contribution in [3.8, 4) is 0 Å². The monoisotopic (exact) mass is 259 g/mol. The zero-order valence-corrected chi connectivity index (χ0v) is 11.2. The first-order valence-electron chi connectivity index (χ1n) is 6.49. The molecule has 1 atom stereocenters. The van der Waals surface area contributed by atoms with E-state index < -0.39 is 0 Å². The van der Waals surface area contributed by atoms with E-state index in [1.54, 1.807) is 18.3 Å². The highest BCUT2D eigenvalue weighted by atomic mass is 19.1. The zero-order valence-electron chi connectivity index (χ0n) is 11.2. The SMILES string of the molecule is CCCNC(c1cccc(F)c1)c1ccnc(C)n1. The number of aryl methyl sites for hydroxylation is 1. The molecule has 1 aromatic heterocycles. The molecule has 0 amide bonds. The summed E-state index contributed by atoms with van der Waals surface area (Å²) in [6.45, 7) is 4.80. The third kappa shape index (κ3) is 3.58. The van der Waals surface area contributed by atoms with E-state index in [0.29, 0.717) is 0 Å². The lowest BCUT2D eigenvalue weighted by Crippen LogP contribution is -2.24. The first-order chi connectivity index (χ1) is 9.20. The molecule has 0 saturated heterocycles. The number of benzene rings is 1. The van der Waals surface area contributed by atoms with Crippen LogP contribution in [-0.4, -0.2) is 16.5 Å². The maximum absolute atomic E-state index is 13.4. The highest BCUT2D eigenvalue weighted by Crippen LogP contribution is 2.21. The minimum atomic E-state index is -0.230. The van der Waals surface area contributed by atoms with Crippen molar-refractivity contribution in [2.75, 3.05) is 6.54 Å². The quantitative estimate of drug-likeness (QED) is 0.897. The average Bonchev–Trinajstić information content (AvgIpc) is 2.39. The van der Waals surface area contributed by atoms with E-state index >= 15 is 0 Å². The molecule has 2 rings (SSSR count). The topological polar surface area (TPSA) is 37.8 Å². The smallest absolute Gasteiger partial charge is 0.125 e. The van der Waals surface area contributed by atoms with E-state index in [1.165, 1.54) is 6.07 Å². The van der Waals surface area contributed by atoms with Crippen LogP contribution in [0.3, 0.4) is 0 Å². The van der Waals surface area contributed by atoms with Crippen LogP contribution in [0.15, 0.2) is 36.5 Å². The molecule has 2 aromatic rings. The van der Waals surface area contributed by atoms with Crippen molar-refractivity contribution >= 4 is 0 Å². The summed E-state index contributed by atoms with van der Waals surface area (Å²) in [7, 11) is 0. The van der Waals surface area contributed by atoms with E-state index in [2.05, 4.69) is 22.2 Å². The summed E-state index contributed by atoms with van der Waals surface area (Å²) >= 11 is 0. The predicted octanol–water partition coefficient (Wildman–Crippen LogP) is 3.01. The number of nitrogens with one attached hydrogen (secondary N) is 1. The van der Waals surface area contributed by atoms with E-state index in [-0.39, 0.29) is 11.9 Å². The van der Waals surface area contributed by atoms with Crippen molar-refractivity contribution in [2.45, 2.75) is 26.3 Å². The normalized spacial score (nSPS) is 12.4. The maximum Gasteiger partial charge on any atom is 0.125 e. The van der Waals surface area contributed by atoms with Crippen LogP contribution in [0.5, 0.6) is 0 Å². The Labute approximate surface area is 112 Å². The zero-order chi connectivity index (χ0) is 13.7. The number of nitrogens with zero attached hydrogens (tertiary/aromatic N) is 2. The molecule has 100 valence electrons. The fourth-order valence-corrected chi connectivity index (χ4v) is 2.00. The first kappa shape index (κ1) is 13.6. The van der Waals surface area contributed by atoms with E-state index in [9.17, 15) is 4.39 Å². The van der Waals surface area contributed by atoms with Gasteiger partial charge in [0.15, 0.2) is 0 Å². The standard InChI is InChI=1S/C15H18FN3/c1-3-8-18-15(12-5-4-6-13(16)10-12)14-7-9-17-11(2)19-14/h4-7,9-10,15,18H,3,8H2,1-2H3. The molecule has 0 spiro atoms. The molecule has 1 heterocycles. The molecule has 1 unspecified atom stereocenters. The summed E-state index contributed by atoms with van der Waals surface area (Å²) in [5, 5.41) is 3.40. The van der Waals surface area contributed by atoms with Gasteiger partial charge in [-0.1, -0.05) is 19.1 Å². The van der Waals surface area contributed by atoms with Gasteiger partial charge in [-0.3, -0.25) is 0 Å². The molecule has 19 heavy (non-hydrogen) atoms. The third-order valence-electron chi connectivity index (χ3n) is 2.87. The van der Waals surface area contributed by atoms with Crippen LogP contribution in [0.2, 0.25) is 0 Å². The molecular weight excluding hydrogens is 241 g/mol. The highest BCUT2D eigenvalue weighted by Gasteiger charge is 2.15. The second-order valence-corrected chi connectivity index (χ2v) is 4.47. The van der Waals surface area contributed by atoms with Gasteiger partial charge in [0.25, 0.3) is 0 Å². The molecule has 0 radical (unpaired) electrons. The van der Waals surface area contributed by atoms with Crippen LogP contribution < -0.4 is 5.32 Å². The van der Waals surface area contributed by atoms with Crippen LogP contribution in [-0.2, 0) is 0 Å². The summed E-state index contributed by atoms with van der Waals surface area (Å²) in [6.07, 6.45) is 2.74. The summed E-state index contributed by atoms with van der Waals surface area (Å²) in [5.74, 6) is 0.490. The summed E-state index contributed by atoms with van der Waals surface area (Å²) in [6, 6.07) is 8.40. The van der Waals surface area contributed by atoms with Crippen LogP contribution >= 0.6 is 0 Å². The van der Waals surface area contributed by atoms with Gasteiger partial charge in [0.2, 0.25) is 0 Å². The minimum Gasteiger partial charge on any atom is -0.305 e. The van der Waals surface area contributed by atoms with Crippen LogP contribution in [0.1, 0.15) is 36.5 Å². The van der Waals surface area contributed by atoms with Crippen LogP contribution in [0, 0.1) is 12.7 Å². The van der Waals surface area contributed by atoms with Crippen molar-refractivity contribution in [1.29, 1.82) is 0 Å². The minimum absolute atomic E-state index is 0.0997. The molecule has 0 bridgehead atoms. The molecule has 3 nitrogen and oxygen atoms in total. The Morgan fingerprint density at radius 3 is 2.84 bits per heavy atom. The molecule has 0 fully saturated rings. The van der Waals surface area contributed by atoms with Gasteiger partial charge in [0.05, 0.1) is 11.7 Å². The molecule has 0 aliphatic carbocycles. The number of hydrogen-bond acceptors (Lipinski definition) is 3. The van der Waals surface area contributed by atoms with Crippen molar-refractivity contribution in [3.63, 3.8) is 0 Å². The van der Waals surface area contributed by atoms with Gasteiger partial charge in [-0.25, -0.2) is 14.4 Å². The Morgan fingerprint density at radius 1 is 1.32 bits per heavy atom. The van der Waals surface area contributed by atoms with E-state index in [0.717, 1.165) is 30.0 Å². The lowest BCUT2D eigenvalue weighted by atomic mass is 10.0. The number of rotatable bonds is 5. The largest absolute Gasteiger partial charge is 0.305 e. The highest BCUT2D eigenvalue weighted by molar-refractivity contribution is 5.27. The van der Waals surface area contributed by atoms with Gasteiger partial charge in [0, 0.05) is 6.20 Å². The van der Waals surface area contributed by atoms with E-state index in [1.807, 2.05) is 19.1 Å². The fraction of sp³-hybridized carbons (Fsp3) is 0.333. The van der Waals surface area contributed by atoms with Crippen molar-refractivity contribution in [1.82, 2.24) is 15.3 Å². The Hall–Kier alpha value is -1.81. The molecular formula is C15H18FN3. The first-order valence-corrected chi connectivity index (χ1v) is 6.49. The van der Waals surface area contributed by atoms with Gasteiger partial charge in [-0.15, -0.1) is 0 Å². The lowest BCUT2D eigenvalue weighted by molar-refractivity contribution is 0.574. The Balaban J connectivity index is 2.35. The van der Waals surface area contributed by atoms with Gasteiger partial charge >= 0.3 is 0 Å². The fourth-order valence-electron chi connectivity index (χ4n) is 2.00. The third-order valence-corrected chi connectivity index (χ3v) is 2.87. The molecule has 4 heteroatoms. The molecule has 0 aliphatic heterocycles. The van der Waals surface area contributed by atoms with Crippen molar-refractivity contribution in [2.24, 2.45) is 0 Å². The van der Waals surface area contributed by atoms with Crippen LogP contribution in [0.25, 0.3) is 0 Å². The molecule has 1 aromatic carbocycles. The summed E-state index contributed by atoms with van der Waals surface area (Å²) in [4.78, 5) is 8.54. The maximum atomic E-state index is 13.4. The molecule has 1 N–H and O–H groups in total. The molecule has 0 aliphatic rings. The van der Waals surface area contributed by atoms with Gasteiger partial charge in [-0.2, -0.15) is 0 Å². The molecule has 0 saturated carbocycles. The van der Waals surface area contributed by atoms with E-state index in [4.69, 9.17) is 0 Å². The summed E-state index contributed by atoms with van der Waals surface area (Å²) < 4.78 is 13.4. The lowest BCUT2D eigenvalue weighted by Gasteiger charge is -2.18. The number of aromatic nitrogens is 2. The Morgan fingerprint density at radius 2 is 2.16 bits per heavy atom.